The lowest BCUT2D eigenvalue weighted by Crippen LogP contribution is -2.07. The third kappa shape index (κ3) is 2.98. The fraction of sp³-hybridized carbons (Fsp3) is 0.0476. The van der Waals surface area contributed by atoms with Gasteiger partial charge in [-0.15, -0.1) is 0 Å². The Bertz CT molecular complexity index is 1230. The van der Waals surface area contributed by atoms with Crippen LogP contribution in [0, 0.1) is 17.9 Å². The van der Waals surface area contributed by atoms with E-state index in [0.717, 1.165) is 11.1 Å². The minimum Gasteiger partial charge on any atom is -0.375 e. The normalized spacial score (nSPS) is 10.4. The molecule has 0 amide bonds. The molecular formula is C21H13BrN6. The van der Waals surface area contributed by atoms with Crippen molar-refractivity contribution in [3.05, 3.63) is 88.1 Å². The summed E-state index contributed by atoms with van der Waals surface area (Å²) < 4.78 is 2.31. The van der Waals surface area contributed by atoms with E-state index >= 15 is 0 Å². The Morgan fingerprint density at radius 3 is 2.68 bits per heavy atom. The minimum atomic E-state index is 0.356. The van der Waals surface area contributed by atoms with Crippen molar-refractivity contribution in [2.45, 2.75) is 6.54 Å². The summed E-state index contributed by atoms with van der Waals surface area (Å²) in [5, 5.41) is 17.6. The third-order valence-corrected chi connectivity index (χ3v) is 4.93. The van der Waals surface area contributed by atoms with Gasteiger partial charge in [0.25, 0.3) is 0 Å². The van der Waals surface area contributed by atoms with Crippen LogP contribution in [0.15, 0.2) is 65.5 Å². The number of hydrogen-bond donors (Lipinski definition) is 1. The molecule has 0 atom stereocenters. The molecule has 0 saturated heterocycles. The van der Waals surface area contributed by atoms with E-state index in [9.17, 15) is 5.26 Å². The molecule has 0 radical (unpaired) electrons. The van der Waals surface area contributed by atoms with Crippen molar-refractivity contribution in [1.29, 1.82) is 5.26 Å². The number of nitrogens with zero attached hydrogens (tertiary/aromatic N) is 5. The number of halogens is 1. The summed E-state index contributed by atoms with van der Waals surface area (Å²) in [6, 6.07) is 15.6. The van der Waals surface area contributed by atoms with Crippen LogP contribution in [0.4, 0.5) is 11.5 Å². The first-order valence-corrected chi connectivity index (χ1v) is 9.23. The summed E-state index contributed by atoms with van der Waals surface area (Å²) in [6.07, 6.45) is 5.11. The molecule has 0 aliphatic rings. The van der Waals surface area contributed by atoms with Gasteiger partial charge in [-0.3, -0.25) is 4.98 Å². The van der Waals surface area contributed by atoms with Gasteiger partial charge in [0.15, 0.2) is 0 Å². The SMILES string of the molecule is [C-]#[N+]c1c(-c2ccccc2)c(C#N)c2c(Br)cnn2c1NCc1cccnc1. The summed E-state index contributed by atoms with van der Waals surface area (Å²) in [5.41, 5.74) is 3.78. The highest BCUT2D eigenvalue weighted by molar-refractivity contribution is 9.10. The summed E-state index contributed by atoms with van der Waals surface area (Å²) in [6.45, 7) is 8.30. The van der Waals surface area contributed by atoms with Gasteiger partial charge in [-0.05, 0) is 33.1 Å². The number of pyridine rings is 2. The number of nitrogens with one attached hydrogen (secondary N) is 1. The first-order chi connectivity index (χ1) is 13.7. The van der Waals surface area contributed by atoms with Crippen LogP contribution in [-0.4, -0.2) is 14.6 Å². The molecule has 0 bridgehead atoms. The summed E-state index contributed by atoms with van der Waals surface area (Å²) in [4.78, 5) is 7.90. The second-order valence-corrected chi connectivity index (χ2v) is 6.86. The highest BCUT2D eigenvalue weighted by Gasteiger charge is 2.23. The summed E-state index contributed by atoms with van der Waals surface area (Å²) in [7, 11) is 0. The van der Waals surface area contributed by atoms with Gasteiger partial charge in [0, 0.05) is 24.5 Å². The monoisotopic (exact) mass is 428 g/mol. The number of rotatable bonds is 4. The van der Waals surface area contributed by atoms with Crippen molar-refractivity contribution in [1.82, 2.24) is 14.6 Å². The molecule has 0 aliphatic carbocycles. The number of fused-ring (bicyclic) bond motifs is 1. The topological polar surface area (TPSA) is 70.4 Å². The maximum absolute atomic E-state index is 9.90. The maximum Gasteiger partial charge on any atom is 0.237 e. The van der Waals surface area contributed by atoms with Crippen molar-refractivity contribution < 1.29 is 0 Å². The Morgan fingerprint density at radius 2 is 2.00 bits per heavy atom. The van der Waals surface area contributed by atoms with Gasteiger partial charge in [0.05, 0.1) is 28.3 Å². The van der Waals surface area contributed by atoms with Gasteiger partial charge in [0.1, 0.15) is 11.9 Å². The van der Waals surface area contributed by atoms with Gasteiger partial charge in [0.2, 0.25) is 5.69 Å². The van der Waals surface area contributed by atoms with Crippen molar-refractivity contribution in [2.24, 2.45) is 0 Å². The van der Waals surface area contributed by atoms with E-state index in [1.807, 2.05) is 42.5 Å². The Labute approximate surface area is 170 Å². The van der Waals surface area contributed by atoms with Crippen molar-refractivity contribution in [3.63, 3.8) is 0 Å². The van der Waals surface area contributed by atoms with E-state index in [4.69, 9.17) is 6.57 Å². The number of aromatic nitrogens is 3. The Morgan fingerprint density at radius 1 is 1.18 bits per heavy atom. The van der Waals surface area contributed by atoms with Crippen LogP contribution in [-0.2, 0) is 6.54 Å². The highest BCUT2D eigenvalue weighted by Crippen LogP contribution is 2.43. The van der Waals surface area contributed by atoms with E-state index in [1.165, 1.54) is 0 Å². The van der Waals surface area contributed by atoms with Gasteiger partial charge in [-0.1, -0.05) is 36.4 Å². The van der Waals surface area contributed by atoms with E-state index in [2.05, 4.69) is 42.2 Å². The standard InChI is InChI=1S/C21H13BrN6/c1-24-19-18(15-7-3-2-4-8-15)16(10-23)20-17(22)13-27-28(20)21(19)26-12-14-6-5-9-25-11-14/h2-9,11,13,26H,12H2. The van der Waals surface area contributed by atoms with Gasteiger partial charge in [-0.25, -0.2) is 9.36 Å². The first-order valence-electron chi connectivity index (χ1n) is 8.43. The average Bonchev–Trinajstić information content (AvgIpc) is 3.14. The fourth-order valence-electron chi connectivity index (χ4n) is 3.13. The van der Waals surface area contributed by atoms with E-state index < -0.39 is 0 Å². The molecule has 6 nitrogen and oxygen atoms in total. The molecule has 0 spiro atoms. The first kappa shape index (κ1) is 17.7. The molecule has 4 aromatic rings. The molecule has 1 N–H and O–H groups in total. The summed E-state index contributed by atoms with van der Waals surface area (Å²) >= 11 is 3.49. The molecule has 0 aliphatic heterocycles. The third-order valence-electron chi connectivity index (χ3n) is 4.35. The van der Waals surface area contributed by atoms with Crippen LogP contribution in [0.3, 0.4) is 0 Å². The zero-order valence-corrected chi connectivity index (χ0v) is 16.2. The lowest BCUT2D eigenvalue weighted by atomic mass is 9.98. The molecule has 134 valence electrons. The quantitative estimate of drug-likeness (QED) is 0.453. The summed E-state index contributed by atoms with van der Waals surface area (Å²) in [5.74, 6) is 0.539. The van der Waals surface area contributed by atoms with Crippen molar-refractivity contribution in [3.8, 4) is 17.2 Å². The van der Waals surface area contributed by atoms with Crippen LogP contribution in [0.1, 0.15) is 11.1 Å². The molecule has 0 saturated carbocycles. The van der Waals surface area contributed by atoms with Crippen molar-refractivity contribution in [2.75, 3.05) is 5.32 Å². The van der Waals surface area contributed by atoms with Crippen LogP contribution < -0.4 is 5.32 Å². The molecule has 4 rings (SSSR count). The highest BCUT2D eigenvalue weighted by atomic mass is 79.9. The number of anilines is 1. The molecule has 1 aromatic carbocycles. The molecule has 3 heterocycles. The zero-order valence-electron chi connectivity index (χ0n) is 14.6. The average molecular weight is 429 g/mol. The van der Waals surface area contributed by atoms with E-state index in [1.54, 1.807) is 23.1 Å². The fourth-order valence-corrected chi connectivity index (χ4v) is 3.59. The van der Waals surface area contributed by atoms with Gasteiger partial charge in [-0.2, -0.15) is 10.4 Å². The molecule has 3 aromatic heterocycles. The molecule has 28 heavy (non-hydrogen) atoms. The smallest absolute Gasteiger partial charge is 0.237 e. The Balaban J connectivity index is 1.99. The van der Waals surface area contributed by atoms with Crippen LogP contribution >= 0.6 is 15.9 Å². The van der Waals surface area contributed by atoms with Gasteiger partial charge < -0.3 is 5.32 Å². The van der Waals surface area contributed by atoms with Crippen LogP contribution in [0.25, 0.3) is 21.5 Å². The van der Waals surface area contributed by atoms with Gasteiger partial charge >= 0.3 is 0 Å². The minimum absolute atomic E-state index is 0.356. The number of nitriles is 1. The molecule has 0 fully saturated rings. The second-order valence-electron chi connectivity index (χ2n) is 6.00. The zero-order chi connectivity index (χ0) is 19.5. The number of hydrogen-bond acceptors (Lipinski definition) is 4. The maximum atomic E-state index is 9.90. The largest absolute Gasteiger partial charge is 0.375 e. The number of benzene rings is 1. The van der Waals surface area contributed by atoms with Crippen molar-refractivity contribution >= 4 is 33.0 Å². The molecule has 7 heteroatoms. The predicted molar refractivity (Wildman–Crippen MR) is 111 cm³/mol. The van der Waals surface area contributed by atoms with Crippen LogP contribution in [0.2, 0.25) is 0 Å². The second kappa shape index (κ2) is 7.51. The lowest BCUT2D eigenvalue weighted by Gasteiger charge is -2.16. The molecule has 0 unspecified atom stereocenters. The van der Waals surface area contributed by atoms with E-state index in [0.29, 0.717) is 39.2 Å². The predicted octanol–water partition coefficient (Wildman–Crippen LogP) is 5.19. The Kier molecular flexibility index (Phi) is 4.76. The van der Waals surface area contributed by atoms with E-state index in [-0.39, 0.29) is 0 Å². The Hall–Kier alpha value is -3.68. The van der Waals surface area contributed by atoms with Crippen LogP contribution in [0.5, 0.6) is 0 Å². The lowest BCUT2D eigenvalue weighted by molar-refractivity contribution is 0.944. The molecular weight excluding hydrogens is 416 g/mol.